The van der Waals surface area contributed by atoms with Gasteiger partial charge in [-0.25, -0.2) is 0 Å². The fraction of sp³-hybridized carbons (Fsp3) is 0.562. The first-order chi connectivity index (χ1) is 8.95. The van der Waals surface area contributed by atoms with E-state index < -0.39 is 0 Å². The van der Waals surface area contributed by atoms with E-state index in [0.29, 0.717) is 12.5 Å². The molecule has 0 fully saturated rings. The third kappa shape index (κ3) is 4.58. The van der Waals surface area contributed by atoms with Crippen LogP contribution in [0.3, 0.4) is 0 Å². The standard InChI is InChI=1S/C16H25NO2/c1-11(2)13-6-8-14(9-7-13)17-10-15(12(3)4)16(18)19-5/h6-9,11-12,15,17H,10H2,1-5H3. The van der Waals surface area contributed by atoms with Crippen LogP contribution < -0.4 is 5.32 Å². The predicted molar refractivity (Wildman–Crippen MR) is 79.4 cm³/mol. The van der Waals surface area contributed by atoms with Crippen molar-refractivity contribution in [3.63, 3.8) is 0 Å². The highest BCUT2D eigenvalue weighted by Crippen LogP contribution is 2.19. The number of anilines is 1. The molecule has 1 rings (SSSR count). The minimum absolute atomic E-state index is 0.116. The van der Waals surface area contributed by atoms with Gasteiger partial charge in [-0.05, 0) is 29.5 Å². The number of hydrogen-bond acceptors (Lipinski definition) is 3. The molecule has 0 amide bonds. The molecule has 3 nitrogen and oxygen atoms in total. The average Bonchev–Trinajstić information content (AvgIpc) is 2.38. The second kappa shape index (κ2) is 7.17. The van der Waals surface area contributed by atoms with Gasteiger partial charge in [-0.2, -0.15) is 0 Å². The average molecular weight is 263 g/mol. The van der Waals surface area contributed by atoms with Gasteiger partial charge in [-0.3, -0.25) is 4.79 Å². The maximum atomic E-state index is 11.7. The second-order valence-corrected chi connectivity index (χ2v) is 5.53. The van der Waals surface area contributed by atoms with Crippen LogP contribution in [0.1, 0.15) is 39.2 Å². The lowest BCUT2D eigenvalue weighted by atomic mass is 9.96. The number of carbonyl (C=O) groups excluding carboxylic acids is 1. The number of methoxy groups -OCH3 is 1. The van der Waals surface area contributed by atoms with E-state index in [0.717, 1.165) is 5.69 Å². The van der Waals surface area contributed by atoms with Gasteiger partial charge in [0.2, 0.25) is 0 Å². The summed E-state index contributed by atoms with van der Waals surface area (Å²) in [6.45, 7) is 9.02. The van der Waals surface area contributed by atoms with Crippen LogP contribution in [0.5, 0.6) is 0 Å². The maximum absolute atomic E-state index is 11.7. The molecule has 106 valence electrons. The summed E-state index contributed by atoms with van der Waals surface area (Å²) in [5.41, 5.74) is 2.36. The fourth-order valence-electron chi connectivity index (χ4n) is 1.96. The number of rotatable bonds is 6. The smallest absolute Gasteiger partial charge is 0.310 e. The van der Waals surface area contributed by atoms with Crippen LogP contribution in [-0.4, -0.2) is 19.6 Å². The third-order valence-corrected chi connectivity index (χ3v) is 3.41. The Balaban J connectivity index is 2.61. The maximum Gasteiger partial charge on any atom is 0.310 e. The van der Waals surface area contributed by atoms with Crippen molar-refractivity contribution in [2.75, 3.05) is 19.0 Å². The largest absolute Gasteiger partial charge is 0.469 e. The van der Waals surface area contributed by atoms with Crippen LogP contribution in [0.25, 0.3) is 0 Å². The summed E-state index contributed by atoms with van der Waals surface area (Å²) in [5, 5.41) is 3.31. The van der Waals surface area contributed by atoms with E-state index in [4.69, 9.17) is 4.74 Å². The summed E-state index contributed by atoms with van der Waals surface area (Å²) in [6.07, 6.45) is 0. The fourth-order valence-corrected chi connectivity index (χ4v) is 1.96. The van der Waals surface area contributed by atoms with Crippen LogP contribution in [0.4, 0.5) is 5.69 Å². The van der Waals surface area contributed by atoms with E-state index in [-0.39, 0.29) is 17.8 Å². The van der Waals surface area contributed by atoms with Crippen molar-refractivity contribution < 1.29 is 9.53 Å². The lowest BCUT2D eigenvalue weighted by Crippen LogP contribution is -2.28. The molecule has 0 saturated heterocycles. The molecule has 0 aliphatic heterocycles. The van der Waals surface area contributed by atoms with Gasteiger partial charge in [0, 0.05) is 12.2 Å². The SMILES string of the molecule is COC(=O)C(CNc1ccc(C(C)C)cc1)C(C)C. The topological polar surface area (TPSA) is 38.3 Å². The highest BCUT2D eigenvalue weighted by Gasteiger charge is 2.22. The van der Waals surface area contributed by atoms with Gasteiger partial charge in [0.25, 0.3) is 0 Å². The van der Waals surface area contributed by atoms with Crippen LogP contribution in [-0.2, 0) is 9.53 Å². The Hall–Kier alpha value is -1.51. The zero-order valence-electron chi connectivity index (χ0n) is 12.6. The molecule has 3 heteroatoms. The summed E-state index contributed by atoms with van der Waals surface area (Å²) >= 11 is 0. The molecule has 0 aromatic heterocycles. The highest BCUT2D eigenvalue weighted by molar-refractivity contribution is 5.73. The Kier molecular flexibility index (Phi) is 5.87. The molecule has 1 N–H and O–H groups in total. The van der Waals surface area contributed by atoms with Crippen molar-refractivity contribution in [3.05, 3.63) is 29.8 Å². The summed E-state index contributed by atoms with van der Waals surface area (Å²) in [7, 11) is 1.44. The Morgan fingerprint density at radius 3 is 2.16 bits per heavy atom. The van der Waals surface area contributed by atoms with Crippen molar-refractivity contribution in [3.8, 4) is 0 Å². The first kappa shape index (κ1) is 15.5. The number of esters is 1. The van der Waals surface area contributed by atoms with Gasteiger partial charge in [0.1, 0.15) is 0 Å². The molecule has 1 aromatic carbocycles. The van der Waals surface area contributed by atoms with E-state index >= 15 is 0 Å². The molecule has 19 heavy (non-hydrogen) atoms. The summed E-state index contributed by atoms with van der Waals surface area (Å²) in [6, 6.07) is 8.36. The van der Waals surface area contributed by atoms with Gasteiger partial charge >= 0.3 is 5.97 Å². The van der Waals surface area contributed by atoms with Gasteiger partial charge in [-0.15, -0.1) is 0 Å². The van der Waals surface area contributed by atoms with Gasteiger partial charge in [0.05, 0.1) is 13.0 Å². The Labute approximate surface area is 116 Å². The molecule has 1 aromatic rings. The second-order valence-electron chi connectivity index (χ2n) is 5.53. The van der Waals surface area contributed by atoms with Gasteiger partial charge in [0.15, 0.2) is 0 Å². The molecule has 0 radical (unpaired) electrons. The van der Waals surface area contributed by atoms with Gasteiger partial charge < -0.3 is 10.1 Å². The van der Waals surface area contributed by atoms with Crippen LogP contribution >= 0.6 is 0 Å². The Morgan fingerprint density at radius 2 is 1.74 bits per heavy atom. The van der Waals surface area contributed by atoms with E-state index in [2.05, 4.69) is 43.4 Å². The van der Waals surface area contributed by atoms with E-state index in [1.54, 1.807) is 0 Å². The molecular formula is C16H25NO2. The number of carbonyl (C=O) groups is 1. The van der Waals surface area contributed by atoms with E-state index in [9.17, 15) is 4.79 Å². The zero-order chi connectivity index (χ0) is 14.4. The molecule has 1 unspecified atom stereocenters. The van der Waals surface area contributed by atoms with Crippen LogP contribution in [0.15, 0.2) is 24.3 Å². The minimum atomic E-state index is -0.152. The first-order valence-corrected chi connectivity index (χ1v) is 6.87. The van der Waals surface area contributed by atoms with E-state index in [1.165, 1.54) is 12.7 Å². The molecule has 0 bridgehead atoms. The predicted octanol–water partition coefficient (Wildman–Crippen LogP) is 3.67. The van der Waals surface area contributed by atoms with Crippen LogP contribution in [0, 0.1) is 11.8 Å². The molecular weight excluding hydrogens is 238 g/mol. The third-order valence-electron chi connectivity index (χ3n) is 3.41. The van der Waals surface area contributed by atoms with Crippen molar-refractivity contribution >= 4 is 11.7 Å². The minimum Gasteiger partial charge on any atom is -0.469 e. The Morgan fingerprint density at radius 1 is 1.16 bits per heavy atom. The number of ether oxygens (including phenoxy) is 1. The lowest BCUT2D eigenvalue weighted by Gasteiger charge is -2.19. The molecule has 0 aliphatic carbocycles. The summed E-state index contributed by atoms with van der Waals surface area (Å²) in [5.74, 6) is 0.526. The number of nitrogens with one attached hydrogen (secondary N) is 1. The number of benzene rings is 1. The molecule has 1 atom stereocenters. The Bertz CT molecular complexity index is 396. The molecule has 0 aliphatic rings. The van der Waals surface area contributed by atoms with Crippen molar-refractivity contribution in [1.82, 2.24) is 0 Å². The molecule has 0 spiro atoms. The molecule has 0 saturated carbocycles. The van der Waals surface area contributed by atoms with Gasteiger partial charge in [-0.1, -0.05) is 39.8 Å². The summed E-state index contributed by atoms with van der Waals surface area (Å²) < 4.78 is 4.83. The van der Waals surface area contributed by atoms with Crippen molar-refractivity contribution in [2.24, 2.45) is 11.8 Å². The van der Waals surface area contributed by atoms with Crippen molar-refractivity contribution in [2.45, 2.75) is 33.6 Å². The normalized spacial score (nSPS) is 12.6. The molecule has 0 heterocycles. The van der Waals surface area contributed by atoms with E-state index in [1.807, 2.05) is 13.8 Å². The summed E-state index contributed by atoms with van der Waals surface area (Å²) in [4.78, 5) is 11.7. The number of hydrogen-bond donors (Lipinski definition) is 1. The monoisotopic (exact) mass is 263 g/mol. The first-order valence-electron chi connectivity index (χ1n) is 6.87. The zero-order valence-corrected chi connectivity index (χ0v) is 12.6. The van der Waals surface area contributed by atoms with Crippen molar-refractivity contribution in [1.29, 1.82) is 0 Å². The van der Waals surface area contributed by atoms with Crippen LogP contribution in [0.2, 0.25) is 0 Å². The highest BCUT2D eigenvalue weighted by atomic mass is 16.5. The quantitative estimate of drug-likeness (QED) is 0.796. The lowest BCUT2D eigenvalue weighted by molar-refractivity contribution is -0.146.